The van der Waals surface area contributed by atoms with Crippen molar-refractivity contribution < 1.29 is 67.9 Å². The Balaban J connectivity index is 1.08. The molecular formula is C60H84N14O15S. The molecule has 29 nitrogen and oxygen atoms in total. The van der Waals surface area contributed by atoms with E-state index >= 15 is 0 Å². The van der Waals surface area contributed by atoms with Crippen LogP contribution in [0.5, 0.6) is 17.5 Å². The Labute approximate surface area is 523 Å². The number of fused-ring (bicyclic) bond motifs is 5. The van der Waals surface area contributed by atoms with Crippen molar-refractivity contribution in [3.63, 3.8) is 0 Å². The summed E-state index contributed by atoms with van der Waals surface area (Å²) in [4.78, 5) is 143. The number of cyclic esters (lactones) is 1. The molecule has 0 fully saturated rings. The van der Waals surface area contributed by atoms with Gasteiger partial charge in [-0.25, -0.2) is 9.78 Å². The molecule has 1 aromatic carbocycles. The predicted octanol–water partition coefficient (Wildman–Crippen LogP) is 0.261. The second-order valence-electron chi connectivity index (χ2n) is 22.7. The molecule has 2 aliphatic heterocycles. The lowest BCUT2D eigenvalue weighted by Crippen LogP contribution is -2.60. The maximum atomic E-state index is 14.2. The summed E-state index contributed by atoms with van der Waals surface area (Å²) in [5.41, 5.74) is 28.6. The predicted molar refractivity (Wildman–Crippen MR) is 332 cm³/mol. The van der Waals surface area contributed by atoms with Crippen LogP contribution in [0, 0.1) is 11.8 Å². The van der Waals surface area contributed by atoms with Crippen molar-refractivity contribution in [1.29, 1.82) is 0 Å². The number of esters is 2. The van der Waals surface area contributed by atoms with Crippen molar-refractivity contribution in [2.45, 2.75) is 179 Å². The maximum absolute atomic E-state index is 14.2. The van der Waals surface area contributed by atoms with Gasteiger partial charge in [-0.1, -0.05) is 47.5 Å². The first-order valence-corrected chi connectivity index (χ1v) is 31.0. The molecule has 2 aliphatic rings. The number of rotatable bonds is 34. The molecule has 90 heavy (non-hydrogen) atoms. The number of unbranched alkanes of at least 4 members (excludes halogenated alkanes) is 1. The van der Waals surface area contributed by atoms with Gasteiger partial charge in [-0.3, -0.25) is 52.7 Å². The number of ketones is 1. The number of benzene rings is 1. The molecule has 2 unspecified atom stereocenters. The standard InChI is InChI=1S/C60H84N14O15S/c1-7-30(4)48(32(6)75)71-53(81)40(13-10-11-20-61)70-55(83)49(31(5)8-2)72-54(82)42(17-18-45(63)76)69-52(80)41(14-12-21-66-59(64)65)68-51(79)38(62)29-90-44-26-46(77)73(57(44)85)22-19-47(78)89-35-15-16-39-33(24-35)23-34-27-74-43(50(34)67-39)25-37-36(56(74)84)28-88-58(86)60(37,87)9-3/h15-16,23-26,30-31,38,40-42,48-49,77,85,87H,7-14,17-22,27-29,61-62H2,1-6H3,(H2,63,76)(H,68,79)(H,69,80)(H,70,83)(H,71,81)(H,72,82)(H4,64,65,66)/t30?,31?,38-,40-,41-,42-,48-,49-,60-/m0/s1. The average molecular weight is 1270 g/mol. The monoisotopic (exact) mass is 1270 g/mol. The van der Waals surface area contributed by atoms with Crippen molar-refractivity contribution in [3.8, 4) is 28.9 Å². The van der Waals surface area contributed by atoms with Crippen LogP contribution in [0.3, 0.4) is 0 Å². The number of aliphatic imine (C=N–C) groups is 1. The molecule has 4 aromatic rings. The number of aromatic nitrogens is 3. The van der Waals surface area contributed by atoms with E-state index in [-0.39, 0.29) is 116 Å². The molecular weight excluding hydrogens is 1190 g/mol. The van der Waals surface area contributed by atoms with Crippen molar-refractivity contribution >= 4 is 81.8 Å². The van der Waals surface area contributed by atoms with Crippen molar-refractivity contribution in [2.75, 3.05) is 18.8 Å². The fourth-order valence-corrected chi connectivity index (χ4v) is 11.4. The quantitative estimate of drug-likeness (QED) is 0.00656. The number of aromatic hydroxyl groups is 2. The third-order valence-corrected chi connectivity index (χ3v) is 17.4. The van der Waals surface area contributed by atoms with Crippen molar-refractivity contribution in [2.24, 2.45) is 45.5 Å². The molecule has 0 radical (unpaired) electrons. The molecule has 9 atom stereocenters. The van der Waals surface area contributed by atoms with E-state index < -0.39 is 112 Å². The highest BCUT2D eigenvalue weighted by molar-refractivity contribution is 7.99. The maximum Gasteiger partial charge on any atom is 0.343 e. The van der Waals surface area contributed by atoms with Gasteiger partial charge in [-0.15, -0.1) is 11.8 Å². The van der Waals surface area contributed by atoms with E-state index in [4.69, 9.17) is 43.1 Å². The summed E-state index contributed by atoms with van der Waals surface area (Å²) < 4.78 is 13.3. The van der Waals surface area contributed by atoms with Crippen molar-refractivity contribution in [3.05, 3.63) is 63.4 Å². The molecule has 6 rings (SSSR count). The Morgan fingerprint density at radius 3 is 2.06 bits per heavy atom. The zero-order valence-corrected chi connectivity index (χ0v) is 52.2. The lowest BCUT2D eigenvalue weighted by atomic mass is 9.86. The summed E-state index contributed by atoms with van der Waals surface area (Å²) in [5.74, 6) is -8.51. The lowest BCUT2D eigenvalue weighted by molar-refractivity contribution is -0.172. The van der Waals surface area contributed by atoms with Gasteiger partial charge in [0.2, 0.25) is 41.3 Å². The summed E-state index contributed by atoms with van der Waals surface area (Å²) in [5, 5.41) is 47.2. The summed E-state index contributed by atoms with van der Waals surface area (Å²) in [6.45, 7) is 10.1. The molecule has 0 saturated heterocycles. The number of pyridine rings is 2. The third kappa shape index (κ3) is 17.4. The zero-order chi connectivity index (χ0) is 66.3. The largest absolute Gasteiger partial charge is 0.494 e. The van der Waals surface area contributed by atoms with Crippen LogP contribution in [0.4, 0.5) is 0 Å². The van der Waals surface area contributed by atoms with Gasteiger partial charge in [0, 0.05) is 47.8 Å². The van der Waals surface area contributed by atoms with Crippen molar-refractivity contribution in [1.82, 2.24) is 40.7 Å². The number of nitrogens with one attached hydrogen (secondary N) is 5. The van der Waals surface area contributed by atoms with Crippen LogP contribution >= 0.6 is 11.8 Å². The summed E-state index contributed by atoms with van der Waals surface area (Å²) in [7, 11) is 0. The number of guanidine groups is 1. The summed E-state index contributed by atoms with van der Waals surface area (Å²) >= 11 is 0.876. The topological polar surface area (TPSA) is 475 Å². The average Bonchev–Trinajstić information content (AvgIpc) is 1.46. The molecule has 0 spiro atoms. The highest BCUT2D eigenvalue weighted by atomic mass is 32.2. The van der Waals surface area contributed by atoms with Gasteiger partial charge in [0.25, 0.3) is 5.56 Å². The van der Waals surface area contributed by atoms with Crippen LogP contribution in [-0.2, 0) is 73.2 Å². The highest BCUT2D eigenvalue weighted by Crippen LogP contribution is 2.40. The smallest absolute Gasteiger partial charge is 0.343 e. The molecule has 6 amide bonds. The van der Waals surface area contributed by atoms with E-state index in [1.165, 1.54) is 23.6 Å². The lowest BCUT2D eigenvalue weighted by Gasteiger charge is -2.31. The molecule has 0 aliphatic carbocycles. The first kappa shape index (κ1) is 70.5. The number of thioether (sulfide) groups is 1. The van der Waals surface area contributed by atoms with Gasteiger partial charge in [0.05, 0.1) is 52.4 Å². The molecule has 0 saturated carbocycles. The van der Waals surface area contributed by atoms with Gasteiger partial charge >= 0.3 is 11.9 Å². The first-order chi connectivity index (χ1) is 42.7. The van der Waals surface area contributed by atoms with Crippen LogP contribution in [0.15, 0.2) is 51.1 Å². The van der Waals surface area contributed by atoms with E-state index in [0.29, 0.717) is 60.1 Å². The van der Waals surface area contributed by atoms with Crippen LogP contribution in [0.25, 0.3) is 22.3 Å². The van der Waals surface area contributed by atoms with E-state index in [1.54, 1.807) is 45.0 Å². The van der Waals surface area contributed by atoms with Crippen LogP contribution in [-0.4, -0.2) is 144 Å². The number of Topliss-reactive ketones (excluding diaryl/α,β-unsaturated/α-hetero) is 1. The van der Waals surface area contributed by atoms with E-state index in [0.717, 1.165) is 16.3 Å². The Morgan fingerprint density at radius 1 is 0.800 bits per heavy atom. The minimum atomic E-state index is -1.98. The number of nitrogens with zero attached hydrogens (tertiary/aromatic N) is 4. The fraction of sp³-hybridized carbons (Fsp3) is 0.533. The second-order valence-corrected chi connectivity index (χ2v) is 23.8. The minimum Gasteiger partial charge on any atom is -0.494 e. The Kier molecular flexibility index (Phi) is 24.8. The third-order valence-electron chi connectivity index (χ3n) is 16.2. The molecule has 0 bridgehead atoms. The zero-order valence-electron chi connectivity index (χ0n) is 51.4. The van der Waals surface area contributed by atoms with Crippen LogP contribution < -0.4 is 65.5 Å². The Hall–Kier alpha value is -8.61. The first-order valence-electron chi connectivity index (χ1n) is 30.0. The minimum absolute atomic E-state index is 0.00516. The number of nitrogens with two attached hydrogens (primary N) is 5. The van der Waals surface area contributed by atoms with Gasteiger partial charge in [0.1, 0.15) is 36.5 Å². The van der Waals surface area contributed by atoms with Crippen LogP contribution in [0.1, 0.15) is 129 Å². The summed E-state index contributed by atoms with van der Waals surface area (Å²) in [6, 6.07) is 1.90. The number of amides is 6. The number of carbonyl (C=O) groups is 9. The number of hydrogen-bond acceptors (Lipinski definition) is 20. The fourth-order valence-electron chi connectivity index (χ4n) is 10.5. The molecule has 18 N–H and O–H groups in total. The van der Waals surface area contributed by atoms with Gasteiger partial charge < -0.3 is 84.6 Å². The number of carbonyl (C=O) groups excluding carboxylic acids is 9. The number of primary amides is 1. The van der Waals surface area contributed by atoms with E-state index in [9.17, 15) is 63.3 Å². The SMILES string of the molecule is CCC(C)[C@H](NC(=O)[C@H](CCCCN)NC(=O)[C@@H](NC(=O)[C@H](CCC(N)=O)NC(=O)[C@H](CCCN=C(N)N)NC(=O)[C@@H](N)CSc1cc(O)n(CCC(=O)Oc2ccc3nc4c(cc3c2)Cn2c-4cc3c(c2=O)COC(=O)[C@]3(O)CC)c1O)C(C)CC)C(C)=O. The Morgan fingerprint density at radius 2 is 1.42 bits per heavy atom. The number of hydrogen-bond donors (Lipinski definition) is 13. The molecule has 490 valence electrons. The second kappa shape index (κ2) is 31.7. The normalized spacial score (nSPS) is 16.7. The number of ether oxygens (including phenoxy) is 2. The highest BCUT2D eigenvalue weighted by Gasteiger charge is 2.45. The van der Waals surface area contributed by atoms with Gasteiger partial charge in [-0.05, 0) is 101 Å². The summed E-state index contributed by atoms with van der Waals surface area (Å²) in [6.07, 6.45) is 1.10. The molecule has 5 heterocycles. The molecule has 30 heteroatoms. The molecule has 3 aromatic heterocycles. The van der Waals surface area contributed by atoms with Gasteiger partial charge in [0.15, 0.2) is 23.2 Å². The van der Waals surface area contributed by atoms with Crippen LogP contribution in [0.2, 0.25) is 0 Å². The van der Waals surface area contributed by atoms with E-state index in [1.807, 2.05) is 13.8 Å². The van der Waals surface area contributed by atoms with Gasteiger partial charge in [-0.2, -0.15) is 0 Å². The Bertz CT molecular complexity index is 3440. The van der Waals surface area contributed by atoms with E-state index in [2.05, 4.69) is 31.6 Å². The number of aliphatic hydroxyl groups is 1.